The Kier molecular flexibility index (Phi) is 6.65. The molecule has 3 rings (SSSR count). The second-order valence-corrected chi connectivity index (χ2v) is 8.67. The third kappa shape index (κ3) is 5.42. The minimum Gasteiger partial charge on any atom is -0.467 e. The summed E-state index contributed by atoms with van der Waals surface area (Å²) in [6, 6.07) is 8.01. The summed E-state index contributed by atoms with van der Waals surface area (Å²) in [4.78, 5) is 24.2. The molecule has 2 amide bonds. The number of furan rings is 1. The minimum absolute atomic E-state index is 0.0134. The molecule has 1 saturated heterocycles. The normalized spacial score (nSPS) is 17.6. The monoisotopic (exact) mass is 423 g/mol. The van der Waals surface area contributed by atoms with Gasteiger partial charge in [-0.25, -0.2) is 12.8 Å². The van der Waals surface area contributed by atoms with Gasteiger partial charge >= 0.3 is 0 Å². The SMILES string of the molecule is O=C(CNC(=O)[C@@H]1CCCN(S(=O)(=O)c2ccc(F)cc2)C1)NCc1ccco1. The van der Waals surface area contributed by atoms with Crippen LogP contribution in [0.2, 0.25) is 0 Å². The summed E-state index contributed by atoms with van der Waals surface area (Å²) < 4.78 is 44.9. The van der Waals surface area contributed by atoms with Crippen molar-refractivity contribution in [3.05, 3.63) is 54.2 Å². The number of hydrogen-bond acceptors (Lipinski definition) is 5. The molecule has 0 unspecified atom stereocenters. The third-order valence-electron chi connectivity index (χ3n) is 4.67. The predicted octanol–water partition coefficient (Wildman–Crippen LogP) is 1.25. The molecule has 1 aromatic heterocycles. The van der Waals surface area contributed by atoms with Gasteiger partial charge in [-0.05, 0) is 49.2 Å². The maximum absolute atomic E-state index is 13.1. The maximum atomic E-state index is 13.1. The van der Waals surface area contributed by atoms with Gasteiger partial charge in [0.15, 0.2) is 0 Å². The van der Waals surface area contributed by atoms with Gasteiger partial charge in [-0.2, -0.15) is 4.31 Å². The fraction of sp³-hybridized carbons (Fsp3) is 0.368. The first-order chi connectivity index (χ1) is 13.9. The van der Waals surface area contributed by atoms with E-state index in [0.29, 0.717) is 18.6 Å². The average molecular weight is 423 g/mol. The van der Waals surface area contributed by atoms with E-state index >= 15 is 0 Å². The van der Waals surface area contributed by atoms with Crippen molar-refractivity contribution in [2.24, 2.45) is 5.92 Å². The fourth-order valence-electron chi connectivity index (χ4n) is 3.10. The van der Waals surface area contributed by atoms with Crippen molar-refractivity contribution in [1.29, 1.82) is 0 Å². The number of nitrogens with zero attached hydrogens (tertiary/aromatic N) is 1. The molecule has 2 heterocycles. The van der Waals surface area contributed by atoms with Gasteiger partial charge in [0.25, 0.3) is 0 Å². The van der Waals surface area contributed by atoms with Gasteiger partial charge in [0.05, 0.1) is 30.2 Å². The van der Waals surface area contributed by atoms with Crippen LogP contribution in [0.4, 0.5) is 4.39 Å². The fourth-order valence-corrected chi connectivity index (χ4v) is 4.63. The maximum Gasteiger partial charge on any atom is 0.243 e. The molecule has 1 aromatic carbocycles. The van der Waals surface area contributed by atoms with Gasteiger partial charge in [-0.1, -0.05) is 0 Å². The van der Waals surface area contributed by atoms with Crippen LogP contribution in [-0.2, 0) is 26.2 Å². The number of carbonyl (C=O) groups excluding carboxylic acids is 2. The van der Waals surface area contributed by atoms with E-state index in [1.807, 2.05) is 0 Å². The molecule has 29 heavy (non-hydrogen) atoms. The number of rotatable bonds is 7. The van der Waals surface area contributed by atoms with E-state index in [2.05, 4.69) is 10.6 Å². The summed E-state index contributed by atoms with van der Waals surface area (Å²) in [5.41, 5.74) is 0. The van der Waals surface area contributed by atoms with Gasteiger partial charge in [-0.3, -0.25) is 9.59 Å². The first-order valence-corrected chi connectivity index (χ1v) is 10.6. The van der Waals surface area contributed by atoms with E-state index in [-0.39, 0.29) is 42.9 Å². The molecule has 0 saturated carbocycles. The number of benzene rings is 1. The van der Waals surface area contributed by atoms with E-state index in [0.717, 1.165) is 12.1 Å². The smallest absolute Gasteiger partial charge is 0.243 e. The topological polar surface area (TPSA) is 109 Å². The quantitative estimate of drug-likeness (QED) is 0.697. The van der Waals surface area contributed by atoms with Crippen LogP contribution in [0.1, 0.15) is 18.6 Å². The molecule has 1 fully saturated rings. The van der Waals surface area contributed by atoms with Crippen LogP contribution in [0.3, 0.4) is 0 Å². The molecule has 2 N–H and O–H groups in total. The van der Waals surface area contributed by atoms with Crippen LogP contribution in [0.15, 0.2) is 52.0 Å². The zero-order chi connectivity index (χ0) is 20.9. The zero-order valence-electron chi connectivity index (χ0n) is 15.6. The standard InChI is InChI=1S/C19H22FN3O5S/c20-15-5-7-17(8-6-15)29(26,27)23-9-1-3-14(13-23)19(25)22-12-18(24)21-11-16-4-2-10-28-16/h2,4-8,10,14H,1,3,9,11-13H2,(H,21,24)(H,22,25)/t14-/m1/s1. The van der Waals surface area contributed by atoms with Crippen LogP contribution in [0.25, 0.3) is 0 Å². The largest absolute Gasteiger partial charge is 0.467 e. The molecule has 0 bridgehead atoms. The van der Waals surface area contributed by atoms with E-state index < -0.39 is 21.8 Å². The Hall–Kier alpha value is -2.72. The predicted molar refractivity (Wildman–Crippen MR) is 101 cm³/mol. The lowest BCUT2D eigenvalue weighted by atomic mass is 9.99. The summed E-state index contributed by atoms with van der Waals surface area (Å²) in [6.45, 7) is 0.308. The molecule has 10 heteroatoms. The van der Waals surface area contributed by atoms with Crippen molar-refractivity contribution < 1.29 is 26.8 Å². The molecule has 1 atom stereocenters. The van der Waals surface area contributed by atoms with E-state index in [9.17, 15) is 22.4 Å². The van der Waals surface area contributed by atoms with E-state index in [4.69, 9.17) is 4.42 Å². The Morgan fingerprint density at radius 1 is 1.17 bits per heavy atom. The van der Waals surface area contributed by atoms with Crippen molar-refractivity contribution >= 4 is 21.8 Å². The van der Waals surface area contributed by atoms with Crippen molar-refractivity contribution in [2.45, 2.75) is 24.3 Å². The van der Waals surface area contributed by atoms with Gasteiger partial charge in [0.2, 0.25) is 21.8 Å². The zero-order valence-corrected chi connectivity index (χ0v) is 16.5. The van der Waals surface area contributed by atoms with Crippen LogP contribution in [0, 0.1) is 11.7 Å². The van der Waals surface area contributed by atoms with E-state index in [1.165, 1.54) is 22.7 Å². The lowest BCUT2D eigenvalue weighted by Crippen LogP contribution is -2.47. The molecular formula is C19H22FN3O5S. The number of amides is 2. The number of nitrogens with one attached hydrogen (secondary N) is 2. The highest BCUT2D eigenvalue weighted by atomic mass is 32.2. The highest BCUT2D eigenvalue weighted by Crippen LogP contribution is 2.24. The molecule has 2 aromatic rings. The lowest BCUT2D eigenvalue weighted by molar-refractivity contribution is -0.129. The Morgan fingerprint density at radius 3 is 2.62 bits per heavy atom. The molecule has 156 valence electrons. The number of hydrogen-bond donors (Lipinski definition) is 2. The van der Waals surface area contributed by atoms with E-state index in [1.54, 1.807) is 12.1 Å². The third-order valence-corrected chi connectivity index (χ3v) is 6.55. The summed E-state index contributed by atoms with van der Waals surface area (Å²) in [6.07, 6.45) is 2.54. The van der Waals surface area contributed by atoms with Crippen molar-refractivity contribution in [3.63, 3.8) is 0 Å². The van der Waals surface area contributed by atoms with Crippen LogP contribution >= 0.6 is 0 Å². The molecule has 0 radical (unpaired) electrons. The Labute approximate surface area is 168 Å². The van der Waals surface area contributed by atoms with Crippen molar-refractivity contribution in [2.75, 3.05) is 19.6 Å². The van der Waals surface area contributed by atoms with Gasteiger partial charge in [0, 0.05) is 13.1 Å². The molecule has 1 aliphatic rings. The summed E-state index contributed by atoms with van der Waals surface area (Å²) in [5.74, 6) is -1.24. The second kappa shape index (κ2) is 9.19. The Bertz CT molecular complexity index is 945. The molecule has 8 nitrogen and oxygen atoms in total. The minimum atomic E-state index is -3.81. The second-order valence-electron chi connectivity index (χ2n) is 6.73. The van der Waals surface area contributed by atoms with Gasteiger partial charge < -0.3 is 15.1 Å². The van der Waals surface area contributed by atoms with Crippen molar-refractivity contribution in [3.8, 4) is 0 Å². The summed E-state index contributed by atoms with van der Waals surface area (Å²) >= 11 is 0. The Morgan fingerprint density at radius 2 is 1.93 bits per heavy atom. The van der Waals surface area contributed by atoms with Crippen LogP contribution in [-0.4, -0.2) is 44.2 Å². The number of piperidine rings is 1. The van der Waals surface area contributed by atoms with Gasteiger partial charge in [-0.15, -0.1) is 0 Å². The molecular weight excluding hydrogens is 401 g/mol. The number of carbonyl (C=O) groups is 2. The van der Waals surface area contributed by atoms with Crippen molar-refractivity contribution in [1.82, 2.24) is 14.9 Å². The Balaban J connectivity index is 1.52. The number of sulfonamides is 1. The lowest BCUT2D eigenvalue weighted by Gasteiger charge is -2.31. The van der Waals surface area contributed by atoms with Crippen LogP contribution in [0.5, 0.6) is 0 Å². The first kappa shape index (κ1) is 21.0. The highest BCUT2D eigenvalue weighted by Gasteiger charge is 2.33. The summed E-state index contributed by atoms with van der Waals surface area (Å²) in [7, 11) is -3.81. The average Bonchev–Trinajstić information content (AvgIpc) is 3.24. The first-order valence-electron chi connectivity index (χ1n) is 9.19. The van der Waals surface area contributed by atoms with Gasteiger partial charge in [0.1, 0.15) is 11.6 Å². The number of halogens is 1. The highest BCUT2D eigenvalue weighted by molar-refractivity contribution is 7.89. The molecule has 0 spiro atoms. The molecule has 0 aliphatic carbocycles. The molecule has 1 aliphatic heterocycles. The van der Waals surface area contributed by atoms with Crippen LogP contribution < -0.4 is 10.6 Å². The summed E-state index contributed by atoms with van der Waals surface area (Å²) in [5, 5.41) is 5.17.